The molecule has 2 aliphatic rings. The first-order valence-corrected chi connectivity index (χ1v) is 13.6. The summed E-state index contributed by atoms with van der Waals surface area (Å²) in [6.45, 7) is 2.01. The van der Waals surface area contributed by atoms with Gasteiger partial charge in [0.05, 0.1) is 5.54 Å². The van der Waals surface area contributed by atoms with Crippen LogP contribution in [0.25, 0.3) is 0 Å². The first-order chi connectivity index (χ1) is 16.1. The topological polar surface area (TPSA) is 46.2 Å². The van der Waals surface area contributed by atoms with Crippen LogP contribution in [0.2, 0.25) is 0 Å². The molecule has 1 N–H and O–H groups in total. The Bertz CT molecular complexity index is 1110. The largest absolute Gasteiger partial charge is 0.341 e. The molecule has 5 heteroatoms. The maximum absolute atomic E-state index is 13.4. The Labute approximate surface area is 204 Å². The van der Waals surface area contributed by atoms with Crippen LogP contribution in [0.1, 0.15) is 66.7 Å². The predicted molar refractivity (Wildman–Crippen MR) is 136 cm³/mol. The molecule has 170 valence electrons. The first kappa shape index (κ1) is 22.4. The minimum Gasteiger partial charge on any atom is -0.341 e. The van der Waals surface area contributed by atoms with Crippen molar-refractivity contribution in [1.29, 1.82) is 0 Å². The molecule has 0 bridgehead atoms. The summed E-state index contributed by atoms with van der Waals surface area (Å²) >= 11 is 2.96. The summed E-state index contributed by atoms with van der Waals surface area (Å²) in [6.07, 6.45) is 6.71. The molecule has 2 heterocycles. The summed E-state index contributed by atoms with van der Waals surface area (Å²) in [6, 6.07) is 18.6. The zero-order valence-corrected chi connectivity index (χ0v) is 20.5. The molecule has 1 saturated heterocycles. The average Bonchev–Trinajstić information content (AvgIpc) is 3.39. The summed E-state index contributed by atoms with van der Waals surface area (Å²) in [7, 11) is 0. The van der Waals surface area contributed by atoms with Gasteiger partial charge < -0.3 is 5.32 Å². The highest BCUT2D eigenvalue weighted by molar-refractivity contribution is 8.01. The molecule has 0 radical (unpaired) electrons. The number of nitrogens with one attached hydrogen (secondary N) is 1. The number of carbonyl (C=O) groups excluding carboxylic acids is 2. The molecule has 1 aliphatic heterocycles. The molecule has 1 aliphatic carbocycles. The zero-order valence-electron chi connectivity index (χ0n) is 18.9. The van der Waals surface area contributed by atoms with Gasteiger partial charge in [0, 0.05) is 11.3 Å². The van der Waals surface area contributed by atoms with Gasteiger partial charge >= 0.3 is 0 Å². The summed E-state index contributed by atoms with van der Waals surface area (Å²) in [5, 5.41) is 6.64. The monoisotopic (exact) mass is 475 g/mol. The van der Waals surface area contributed by atoms with E-state index >= 15 is 0 Å². The second kappa shape index (κ2) is 9.47. The molecule has 2 aromatic carbocycles. The Morgan fingerprint density at radius 2 is 1.70 bits per heavy atom. The minimum absolute atomic E-state index is 0.0189. The third kappa shape index (κ3) is 4.41. The van der Waals surface area contributed by atoms with Crippen LogP contribution in [0.15, 0.2) is 70.3 Å². The van der Waals surface area contributed by atoms with Crippen molar-refractivity contribution in [2.24, 2.45) is 0 Å². The van der Waals surface area contributed by atoms with E-state index in [0.29, 0.717) is 5.92 Å². The molecular weight excluding hydrogens is 446 g/mol. The van der Waals surface area contributed by atoms with Crippen molar-refractivity contribution in [3.8, 4) is 0 Å². The van der Waals surface area contributed by atoms with Crippen molar-refractivity contribution in [3.05, 3.63) is 87.6 Å². The van der Waals surface area contributed by atoms with Crippen LogP contribution in [-0.2, 0) is 15.1 Å². The summed E-state index contributed by atoms with van der Waals surface area (Å²) < 4.78 is 0. The van der Waals surface area contributed by atoms with Crippen LogP contribution < -0.4 is 5.32 Å². The number of rotatable bonds is 5. The normalized spacial score (nSPS) is 24.0. The van der Waals surface area contributed by atoms with Crippen molar-refractivity contribution >= 4 is 34.8 Å². The molecule has 3 nitrogen and oxygen atoms in total. The number of thiophene rings is 1. The van der Waals surface area contributed by atoms with E-state index in [2.05, 4.69) is 35.0 Å². The summed E-state index contributed by atoms with van der Waals surface area (Å²) in [5.41, 5.74) is 3.62. The van der Waals surface area contributed by atoms with E-state index in [1.807, 2.05) is 42.6 Å². The zero-order chi connectivity index (χ0) is 22.8. The Hall–Kier alpha value is -2.37. The highest BCUT2D eigenvalue weighted by Crippen LogP contribution is 2.42. The summed E-state index contributed by atoms with van der Waals surface area (Å²) in [4.78, 5) is 27.8. The molecule has 1 amide bonds. The smallest absolute Gasteiger partial charge is 0.242 e. The van der Waals surface area contributed by atoms with Gasteiger partial charge in [0.1, 0.15) is 5.25 Å². The number of aryl methyl sites for hydroxylation is 1. The SMILES string of the molecule is Cc1ccccc1SC1C(=O)CC(c2ccc(C3CCCCC3)cc2)(c2ccsc2)NC1=O. The van der Waals surface area contributed by atoms with Gasteiger partial charge in [-0.2, -0.15) is 11.3 Å². The highest BCUT2D eigenvalue weighted by Gasteiger charge is 2.47. The van der Waals surface area contributed by atoms with E-state index in [-0.39, 0.29) is 18.1 Å². The predicted octanol–water partition coefficient (Wildman–Crippen LogP) is 6.60. The standard InChI is InChI=1S/C28H29NO2S2/c1-19-7-5-6-10-25(19)33-26-24(30)17-28(29-27(26)31,23-15-16-32-18-23)22-13-11-21(12-14-22)20-8-3-2-4-9-20/h5-7,10-16,18,20,26H,2-4,8-9,17H2,1H3,(H,29,31). The van der Waals surface area contributed by atoms with Crippen LogP contribution in [0.3, 0.4) is 0 Å². The molecule has 1 saturated carbocycles. The molecule has 2 atom stereocenters. The van der Waals surface area contributed by atoms with E-state index < -0.39 is 10.8 Å². The van der Waals surface area contributed by atoms with Crippen molar-refractivity contribution in [3.63, 3.8) is 0 Å². The van der Waals surface area contributed by atoms with Crippen molar-refractivity contribution in [1.82, 2.24) is 5.32 Å². The molecule has 2 fully saturated rings. The van der Waals surface area contributed by atoms with E-state index in [1.165, 1.54) is 49.4 Å². The van der Waals surface area contributed by atoms with Gasteiger partial charge in [0.25, 0.3) is 0 Å². The third-order valence-corrected chi connectivity index (χ3v) is 9.25. The lowest BCUT2D eigenvalue weighted by atomic mass is 9.76. The van der Waals surface area contributed by atoms with Crippen molar-refractivity contribution < 1.29 is 9.59 Å². The highest BCUT2D eigenvalue weighted by atomic mass is 32.2. The van der Waals surface area contributed by atoms with Gasteiger partial charge in [0.15, 0.2) is 5.78 Å². The molecule has 2 unspecified atom stereocenters. The Kier molecular flexibility index (Phi) is 6.44. The fourth-order valence-electron chi connectivity index (χ4n) is 5.25. The van der Waals surface area contributed by atoms with Crippen molar-refractivity contribution in [2.45, 2.75) is 67.1 Å². The number of amides is 1. The van der Waals surface area contributed by atoms with Gasteiger partial charge in [-0.3, -0.25) is 9.59 Å². The lowest BCUT2D eigenvalue weighted by Crippen LogP contribution is -2.57. The Morgan fingerprint density at radius 3 is 2.36 bits per heavy atom. The Morgan fingerprint density at radius 1 is 0.939 bits per heavy atom. The Balaban J connectivity index is 1.45. The number of hydrogen-bond donors (Lipinski definition) is 1. The molecule has 33 heavy (non-hydrogen) atoms. The van der Waals surface area contributed by atoms with Crippen molar-refractivity contribution in [2.75, 3.05) is 0 Å². The van der Waals surface area contributed by atoms with Crippen LogP contribution in [0.5, 0.6) is 0 Å². The fraction of sp³-hybridized carbons (Fsp3) is 0.357. The van der Waals surface area contributed by atoms with Gasteiger partial charge in [0.2, 0.25) is 5.91 Å². The molecule has 0 spiro atoms. The number of carbonyl (C=O) groups is 2. The maximum Gasteiger partial charge on any atom is 0.242 e. The van der Waals surface area contributed by atoms with Gasteiger partial charge in [-0.15, -0.1) is 11.8 Å². The second-order valence-electron chi connectivity index (χ2n) is 9.27. The number of Topliss-reactive ketones (excluding diaryl/α,β-unsaturated/α-hetero) is 1. The van der Waals surface area contributed by atoms with Gasteiger partial charge in [-0.25, -0.2) is 0 Å². The maximum atomic E-state index is 13.4. The van der Waals surface area contributed by atoms with Crippen LogP contribution in [0, 0.1) is 6.92 Å². The third-order valence-electron chi connectivity index (χ3n) is 7.14. The van der Waals surface area contributed by atoms with E-state index in [1.54, 1.807) is 11.3 Å². The first-order valence-electron chi connectivity index (χ1n) is 11.8. The molecule has 3 aromatic rings. The van der Waals surface area contributed by atoms with E-state index in [9.17, 15) is 9.59 Å². The lowest BCUT2D eigenvalue weighted by Gasteiger charge is -2.40. The second-order valence-corrected chi connectivity index (χ2v) is 11.2. The number of benzene rings is 2. The summed E-state index contributed by atoms with van der Waals surface area (Å²) in [5.74, 6) is 0.402. The van der Waals surface area contributed by atoms with E-state index in [4.69, 9.17) is 0 Å². The quantitative estimate of drug-likeness (QED) is 0.423. The van der Waals surface area contributed by atoms with Gasteiger partial charge in [-0.05, 0) is 70.8 Å². The van der Waals surface area contributed by atoms with Gasteiger partial charge in [-0.1, -0.05) is 61.7 Å². The number of piperidine rings is 1. The molecular formula is C28H29NO2S2. The van der Waals surface area contributed by atoms with Crippen LogP contribution in [0.4, 0.5) is 0 Å². The van der Waals surface area contributed by atoms with Crippen LogP contribution >= 0.6 is 23.1 Å². The number of ketones is 1. The lowest BCUT2D eigenvalue weighted by molar-refractivity contribution is -0.132. The molecule has 1 aromatic heterocycles. The molecule has 5 rings (SSSR count). The minimum atomic E-state index is -0.804. The van der Waals surface area contributed by atoms with Crippen LogP contribution in [-0.4, -0.2) is 16.9 Å². The number of thioether (sulfide) groups is 1. The fourth-order valence-corrected chi connectivity index (χ4v) is 7.03. The van der Waals surface area contributed by atoms with E-state index in [0.717, 1.165) is 21.6 Å². The average molecular weight is 476 g/mol. The number of hydrogen-bond acceptors (Lipinski definition) is 4.